The van der Waals surface area contributed by atoms with E-state index in [2.05, 4.69) is 15.6 Å². The maximum absolute atomic E-state index is 11.8. The molecule has 2 rings (SSSR count). The number of benzene rings is 1. The summed E-state index contributed by atoms with van der Waals surface area (Å²) in [5.74, 6) is -1.33. The summed E-state index contributed by atoms with van der Waals surface area (Å²) in [7, 11) is 0. The molecule has 0 unspecified atom stereocenters. The number of anilines is 1. The number of aryl methyl sites for hydroxylation is 1. The molecule has 0 aliphatic rings. The summed E-state index contributed by atoms with van der Waals surface area (Å²) in [5.41, 5.74) is 1.39. The van der Waals surface area contributed by atoms with Gasteiger partial charge in [0.05, 0.1) is 11.8 Å². The Hall–Kier alpha value is -2.70. The number of aromatic carboxylic acids is 1. The third-order valence-electron chi connectivity index (χ3n) is 2.54. The lowest BCUT2D eigenvalue weighted by atomic mass is 10.1. The third-order valence-corrected chi connectivity index (χ3v) is 2.54. The molecular weight excluding hydrogens is 248 g/mol. The number of aromatic nitrogens is 3. The predicted molar refractivity (Wildman–Crippen MR) is 66.8 cm³/mol. The molecule has 1 aromatic heterocycles. The summed E-state index contributed by atoms with van der Waals surface area (Å²) in [4.78, 5) is 22.6. The van der Waals surface area contributed by atoms with E-state index in [0.717, 1.165) is 5.56 Å². The minimum Gasteiger partial charge on any atom is -0.478 e. The smallest absolute Gasteiger partial charge is 0.335 e. The van der Waals surface area contributed by atoms with Crippen LogP contribution >= 0.6 is 0 Å². The van der Waals surface area contributed by atoms with E-state index < -0.39 is 5.97 Å². The van der Waals surface area contributed by atoms with Crippen molar-refractivity contribution in [3.8, 4) is 0 Å². The molecule has 0 saturated heterocycles. The number of carboxylic acid groups (broad SMARTS) is 1. The fourth-order valence-electron chi connectivity index (χ4n) is 1.54. The molecule has 0 spiro atoms. The fraction of sp³-hybridized carbons (Fsp3) is 0.167. The average Bonchev–Trinajstić information content (AvgIpc) is 2.84. The van der Waals surface area contributed by atoms with Crippen LogP contribution in [0.4, 0.5) is 5.69 Å². The summed E-state index contributed by atoms with van der Waals surface area (Å²) in [6, 6.07) is 4.57. The first-order valence-electron chi connectivity index (χ1n) is 5.54. The monoisotopic (exact) mass is 260 g/mol. The minimum atomic E-state index is -1.04. The normalized spacial score (nSPS) is 10.2. The van der Waals surface area contributed by atoms with Gasteiger partial charge in [0.2, 0.25) is 5.91 Å². The summed E-state index contributed by atoms with van der Waals surface area (Å²) >= 11 is 0. The van der Waals surface area contributed by atoms with Crippen LogP contribution in [0.5, 0.6) is 0 Å². The maximum atomic E-state index is 11.8. The Morgan fingerprint density at radius 1 is 1.42 bits per heavy atom. The molecule has 19 heavy (non-hydrogen) atoms. The maximum Gasteiger partial charge on any atom is 0.335 e. The van der Waals surface area contributed by atoms with Crippen molar-refractivity contribution in [2.45, 2.75) is 13.5 Å². The summed E-state index contributed by atoms with van der Waals surface area (Å²) in [6.45, 7) is 1.81. The van der Waals surface area contributed by atoms with Crippen LogP contribution < -0.4 is 5.32 Å². The number of hydrogen-bond acceptors (Lipinski definition) is 4. The van der Waals surface area contributed by atoms with Crippen molar-refractivity contribution in [2.24, 2.45) is 0 Å². The Labute approximate surface area is 108 Å². The highest BCUT2D eigenvalue weighted by atomic mass is 16.4. The van der Waals surface area contributed by atoms with Crippen LogP contribution in [0.1, 0.15) is 15.9 Å². The van der Waals surface area contributed by atoms with Crippen molar-refractivity contribution in [1.82, 2.24) is 15.0 Å². The first-order chi connectivity index (χ1) is 9.06. The molecule has 0 saturated carbocycles. The van der Waals surface area contributed by atoms with Gasteiger partial charge in [-0.05, 0) is 24.6 Å². The van der Waals surface area contributed by atoms with Crippen LogP contribution in [0.2, 0.25) is 0 Å². The Morgan fingerprint density at radius 3 is 2.84 bits per heavy atom. The van der Waals surface area contributed by atoms with Gasteiger partial charge in [-0.2, -0.15) is 0 Å². The lowest BCUT2D eigenvalue weighted by molar-refractivity contribution is -0.116. The van der Waals surface area contributed by atoms with Crippen molar-refractivity contribution in [2.75, 3.05) is 5.32 Å². The van der Waals surface area contributed by atoms with E-state index in [1.165, 1.54) is 23.0 Å². The molecule has 0 aliphatic heterocycles. The largest absolute Gasteiger partial charge is 0.478 e. The molecule has 7 nitrogen and oxygen atoms in total. The Morgan fingerprint density at radius 2 is 2.21 bits per heavy atom. The lowest BCUT2D eigenvalue weighted by Gasteiger charge is -2.09. The number of amides is 1. The molecule has 1 heterocycles. The zero-order chi connectivity index (χ0) is 13.8. The Bertz CT molecular complexity index is 607. The molecule has 2 N–H and O–H groups in total. The number of hydrogen-bond donors (Lipinski definition) is 2. The van der Waals surface area contributed by atoms with Crippen molar-refractivity contribution < 1.29 is 14.7 Å². The third kappa shape index (κ3) is 3.15. The molecule has 1 aromatic carbocycles. The first kappa shape index (κ1) is 12.7. The Kier molecular flexibility index (Phi) is 3.56. The second kappa shape index (κ2) is 5.30. The van der Waals surface area contributed by atoms with Crippen molar-refractivity contribution in [3.05, 3.63) is 41.7 Å². The fourth-order valence-corrected chi connectivity index (χ4v) is 1.54. The summed E-state index contributed by atoms with van der Waals surface area (Å²) in [6.07, 6.45) is 3.05. The number of carboxylic acids is 1. The number of carbonyl (C=O) groups is 2. The Balaban J connectivity index is 2.11. The summed E-state index contributed by atoms with van der Waals surface area (Å²) in [5, 5.41) is 18.8. The van der Waals surface area contributed by atoms with Gasteiger partial charge in [-0.1, -0.05) is 11.3 Å². The number of carbonyl (C=O) groups excluding carboxylic acids is 1. The van der Waals surface area contributed by atoms with E-state index in [4.69, 9.17) is 5.11 Å². The van der Waals surface area contributed by atoms with Gasteiger partial charge in [0, 0.05) is 11.9 Å². The first-order valence-corrected chi connectivity index (χ1v) is 5.54. The topological polar surface area (TPSA) is 97.1 Å². The highest BCUT2D eigenvalue weighted by molar-refractivity contribution is 5.94. The van der Waals surface area contributed by atoms with E-state index in [1.54, 1.807) is 19.2 Å². The molecule has 98 valence electrons. The molecule has 0 aliphatic carbocycles. The highest BCUT2D eigenvalue weighted by Gasteiger charge is 2.09. The van der Waals surface area contributed by atoms with Gasteiger partial charge >= 0.3 is 5.97 Å². The van der Waals surface area contributed by atoms with Crippen molar-refractivity contribution >= 4 is 17.6 Å². The van der Waals surface area contributed by atoms with Gasteiger partial charge in [-0.25, -0.2) is 9.48 Å². The van der Waals surface area contributed by atoms with E-state index >= 15 is 0 Å². The van der Waals surface area contributed by atoms with Gasteiger partial charge in [0.25, 0.3) is 0 Å². The van der Waals surface area contributed by atoms with Gasteiger partial charge < -0.3 is 10.4 Å². The molecule has 7 heteroatoms. The van der Waals surface area contributed by atoms with Crippen LogP contribution in [0, 0.1) is 6.92 Å². The molecule has 0 radical (unpaired) electrons. The van der Waals surface area contributed by atoms with E-state index in [9.17, 15) is 9.59 Å². The highest BCUT2D eigenvalue weighted by Crippen LogP contribution is 2.17. The van der Waals surface area contributed by atoms with Gasteiger partial charge in [0.15, 0.2) is 0 Å². The number of nitrogens with zero attached hydrogens (tertiary/aromatic N) is 3. The molecule has 1 amide bonds. The van der Waals surface area contributed by atoms with Crippen molar-refractivity contribution in [1.29, 1.82) is 0 Å². The zero-order valence-electron chi connectivity index (χ0n) is 10.2. The van der Waals surface area contributed by atoms with E-state index in [0.29, 0.717) is 5.69 Å². The molecule has 2 aromatic rings. The van der Waals surface area contributed by atoms with Gasteiger partial charge in [-0.15, -0.1) is 5.10 Å². The van der Waals surface area contributed by atoms with Crippen LogP contribution in [0.25, 0.3) is 0 Å². The van der Waals surface area contributed by atoms with Gasteiger partial charge in [-0.3, -0.25) is 4.79 Å². The second-order valence-corrected chi connectivity index (χ2v) is 3.98. The molecule has 0 bridgehead atoms. The zero-order valence-corrected chi connectivity index (χ0v) is 10.2. The molecular formula is C12H12N4O3. The standard InChI is InChI=1S/C12H12N4O3/c1-8-2-3-9(12(18)19)6-10(8)14-11(17)7-16-5-4-13-15-16/h2-6H,7H2,1H3,(H,14,17)(H,18,19). The molecule has 0 atom stereocenters. The SMILES string of the molecule is Cc1ccc(C(=O)O)cc1NC(=O)Cn1ccnn1. The van der Waals surface area contributed by atoms with Crippen LogP contribution in [-0.2, 0) is 11.3 Å². The van der Waals surface area contributed by atoms with Crippen LogP contribution in [0.15, 0.2) is 30.6 Å². The number of nitrogens with one attached hydrogen (secondary N) is 1. The summed E-state index contributed by atoms with van der Waals surface area (Å²) < 4.78 is 1.38. The molecule has 0 fully saturated rings. The van der Waals surface area contributed by atoms with Crippen molar-refractivity contribution in [3.63, 3.8) is 0 Å². The average molecular weight is 260 g/mol. The predicted octanol–water partition coefficient (Wildman–Crippen LogP) is 0.923. The second-order valence-electron chi connectivity index (χ2n) is 3.98. The minimum absolute atomic E-state index is 0.0245. The van der Waals surface area contributed by atoms with E-state index in [-0.39, 0.29) is 18.0 Å². The van der Waals surface area contributed by atoms with Crippen LogP contribution in [-0.4, -0.2) is 32.0 Å². The lowest BCUT2D eigenvalue weighted by Crippen LogP contribution is -2.20. The van der Waals surface area contributed by atoms with Gasteiger partial charge in [0.1, 0.15) is 6.54 Å². The quantitative estimate of drug-likeness (QED) is 0.852. The van der Waals surface area contributed by atoms with Crippen LogP contribution in [0.3, 0.4) is 0 Å². The van der Waals surface area contributed by atoms with E-state index in [1.807, 2.05) is 0 Å². The number of rotatable bonds is 4.